The van der Waals surface area contributed by atoms with Gasteiger partial charge in [-0.1, -0.05) is 0 Å². The zero-order valence-electron chi connectivity index (χ0n) is 10.6. The first kappa shape index (κ1) is 13.8. The highest BCUT2D eigenvalue weighted by Gasteiger charge is 2.14. The van der Waals surface area contributed by atoms with Gasteiger partial charge in [-0.2, -0.15) is 0 Å². The lowest BCUT2D eigenvalue weighted by atomic mass is 10.2. The van der Waals surface area contributed by atoms with Crippen LogP contribution in [0.3, 0.4) is 0 Å². The number of piperidine rings is 1. The largest absolute Gasteiger partial charge is 0.349 e. The maximum atomic E-state index is 11.7. The van der Waals surface area contributed by atoms with Crippen LogP contribution in [0.5, 0.6) is 0 Å². The molecule has 0 spiro atoms. The van der Waals surface area contributed by atoms with Gasteiger partial charge < -0.3 is 10.6 Å². The Morgan fingerprint density at radius 1 is 1.61 bits per heavy atom. The molecular weight excluding hydrogens is 266 g/mol. The van der Waals surface area contributed by atoms with Gasteiger partial charge in [0.15, 0.2) is 0 Å². The lowest BCUT2D eigenvalue weighted by Crippen LogP contribution is -2.31. The zero-order chi connectivity index (χ0) is 12.8. The molecule has 0 bridgehead atoms. The topological polar surface area (TPSA) is 54.0 Å². The third kappa shape index (κ3) is 4.59. The molecule has 1 amide bonds. The fourth-order valence-electron chi connectivity index (χ4n) is 1.86. The van der Waals surface area contributed by atoms with Gasteiger partial charge in [0.2, 0.25) is 5.91 Å². The van der Waals surface area contributed by atoms with E-state index >= 15 is 0 Å². The first-order valence-corrected chi connectivity index (χ1v) is 8.11. The lowest BCUT2D eigenvalue weighted by Gasteiger charge is -2.21. The summed E-state index contributed by atoms with van der Waals surface area (Å²) in [7, 11) is 0. The number of aromatic nitrogens is 1. The molecule has 2 rings (SSSR count). The normalized spacial score (nSPS) is 16.7. The van der Waals surface area contributed by atoms with Gasteiger partial charge in [0, 0.05) is 16.3 Å². The molecule has 100 valence electrons. The van der Waals surface area contributed by atoms with Crippen LogP contribution in [-0.4, -0.2) is 35.0 Å². The minimum absolute atomic E-state index is 0.117. The van der Waals surface area contributed by atoms with Crippen molar-refractivity contribution in [1.82, 2.24) is 15.6 Å². The molecule has 1 aliphatic heterocycles. The Bertz CT molecular complexity index is 388. The summed E-state index contributed by atoms with van der Waals surface area (Å²) in [4.78, 5) is 17.1. The summed E-state index contributed by atoms with van der Waals surface area (Å²) in [5.74, 6) is 0.682. The second-order valence-corrected chi connectivity index (χ2v) is 7.01. The summed E-state index contributed by atoms with van der Waals surface area (Å²) >= 11 is 3.41. The second kappa shape index (κ2) is 7.11. The van der Waals surface area contributed by atoms with Crippen LogP contribution in [0.25, 0.3) is 0 Å². The molecule has 1 aromatic heterocycles. The molecule has 0 atom stereocenters. The molecule has 0 unspecified atom stereocenters. The summed E-state index contributed by atoms with van der Waals surface area (Å²) in [6.45, 7) is 4.75. The molecule has 18 heavy (non-hydrogen) atoms. The molecular formula is C12H19N3OS2. The lowest BCUT2D eigenvalue weighted by molar-refractivity contribution is -0.118. The number of amides is 1. The molecule has 1 saturated heterocycles. The van der Waals surface area contributed by atoms with Crippen molar-refractivity contribution in [1.29, 1.82) is 0 Å². The van der Waals surface area contributed by atoms with Gasteiger partial charge in [-0.15, -0.1) is 23.1 Å². The third-order valence-electron chi connectivity index (χ3n) is 2.84. The molecule has 1 fully saturated rings. The van der Waals surface area contributed by atoms with Crippen molar-refractivity contribution in [2.24, 2.45) is 0 Å². The summed E-state index contributed by atoms with van der Waals surface area (Å²) in [6.07, 6.45) is 4.18. The molecule has 4 nitrogen and oxygen atoms in total. The molecule has 0 aromatic carbocycles. The average molecular weight is 285 g/mol. The predicted molar refractivity (Wildman–Crippen MR) is 77.0 cm³/mol. The zero-order valence-corrected chi connectivity index (χ0v) is 12.2. The van der Waals surface area contributed by atoms with Crippen molar-refractivity contribution in [3.8, 4) is 0 Å². The van der Waals surface area contributed by atoms with Crippen LogP contribution in [0.4, 0.5) is 0 Å². The van der Waals surface area contributed by atoms with Gasteiger partial charge in [-0.25, -0.2) is 4.98 Å². The minimum Gasteiger partial charge on any atom is -0.349 e. The number of hydrogen-bond acceptors (Lipinski definition) is 5. The number of thioether (sulfide) groups is 1. The predicted octanol–water partition coefficient (Wildman–Crippen LogP) is 1.55. The smallest absolute Gasteiger partial charge is 0.230 e. The number of hydrogen-bond donors (Lipinski definition) is 2. The molecule has 6 heteroatoms. The van der Waals surface area contributed by atoms with E-state index in [1.807, 2.05) is 13.1 Å². The first-order chi connectivity index (χ1) is 8.74. The Kier molecular flexibility index (Phi) is 5.46. The van der Waals surface area contributed by atoms with Crippen LogP contribution in [-0.2, 0) is 11.3 Å². The Morgan fingerprint density at radius 2 is 2.39 bits per heavy atom. The number of nitrogens with one attached hydrogen (secondary N) is 2. The fraction of sp³-hybridized carbons (Fsp3) is 0.667. The van der Waals surface area contributed by atoms with E-state index < -0.39 is 0 Å². The highest BCUT2D eigenvalue weighted by atomic mass is 32.2. The molecule has 1 aromatic rings. The van der Waals surface area contributed by atoms with Gasteiger partial charge in [-0.3, -0.25) is 4.79 Å². The van der Waals surface area contributed by atoms with Crippen molar-refractivity contribution in [3.63, 3.8) is 0 Å². The standard InChI is InChI=1S/C12H19N3OS2/c1-9-6-15-12(18-9)7-14-11(16)8-17-10-2-4-13-5-3-10/h6,10,13H,2-5,7-8H2,1H3,(H,14,16). The van der Waals surface area contributed by atoms with Crippen LogP contribution >= 0.6 is 23.1 Å². The Morgan fingerprint density at radius 3 is 3.06 bits per heavy atom. The summed E-state index contributed by atoms with van der Waals surface area (Å²) in [6, 6.07) is 0. The number of thiazole rings is 1. The maximum Gasteiger partial charge on any atom is 0.230 e. The number of aryl methyl sites for hydroxylation is 1. The van der Waals surface area contributed by atoms with Crippen molar-refractivity contribution < 1.29 is 4.79 Å². The highest BCUT2D eigenvalue weighted by Crippen LogP contribution is 2.19. The number of carbonyl (C=O) groups excluding carboxylic acids is 1. The number of nitrogens with zero attached hydrogens (tertiary/aromatic N) is 1. The Hall–Kier alpha value is -0.590. The highest BCUT2D eigenvalue weighted by molar-refractivity contribution is 8.00. The van der Waals surface area contributed by atoms with Crippen LogP contribution < -0.4 is 10.6 Å². The van der Waals surface area contributed by atoms with Crippen molar-refractivity contribution in [2.75, 3.05) is 18.8 Å². The number of rotatable bonds is 5. The molecule has 0 saturated carbocycles. The van der Waals surface area contributed by atoms with Crippen LogP contribution in [0.15, 0.2) is 6.20 Å². The van der Waals surface area contributed by atoms with Crippen LogP contribution in [0.2, 0.25) is 0 Å². The second-order valence-electron chi connectivity index (χ2n) is 4.40. The van der Waals surface area contributed by atoms with Gasteiger partial charge in [0.25, 0.3) is 0 Å². The quantitative estimate of drug-likeness (QED) is 0.862. The molecule has 2 heterocycles. The van der Waals surface area contributed by atoms with Gasteiger partial charge in [-0.05, 0) is 32.9 Å². The van der Waals surface area contributed by atoms with E-state index in [0.717, 1.165) is 18.1 Å². The van der Waals surface area contributed by atoms with Gasteiger partial charge in [0.05, 0.1) is 12.3 Å². The van der Waals surface area contributed by atoms with Gasteiger partial charge in [0.1, 0.15) is 5.01 Å². The maximum absolute atomic E-state index is 11.7. The van der Waals surface area contributed by atoms with Crippen molar-refractivity contribution >= 4 is 29.0 Å². The van der Waals surface area contributed by atoms with E-state index in [1.165, 1.54) is 17.7 Å². The van der Waals surface area contributed by atoms with E-state index in [0.29, 0.717) is 17.5 Å². The third-order valence-corrected chi connectivity index (χ3v) is 5.13. The van der Waals surface area contributed by atoms with E-state index in [2.05, 4.69) is 15.6 Å². The average Bonchev–Trinajstić information content (AvgIpc) is 2.81. The SMILES string of the molecule is Cc1cnc(CNC(=O)CSC2CCNCC2)s1. The molecule has 0 radical (unpaired) electrons. The monoisotopic (exact) mass is 285 g/mol. The van der Waals surface area contributed by atoms with Crippen molar-refractivity contribution in [2.45, 2.75) is 31.6 Å². The first-order valence-electron chi connectivity index (χ1n) is 6.24. The van der Waals surface area contributed by atoms with E-state index in [-0.39, 0.29) is 5.91 Å². The summed E-state index contributed by atoms with van der Waals surface area (Å²) < 4.78 is 0. The van der Waals surface area contributed by atoms with E-state index in [1.54, 1.807) is 23.1 Å². The van der Waals surface area contributed by atoms with Crippen molar-refractivity contribution in [3.05, 3.63) is 16.1 Å². The van der Waals surface area contributed by atoms with E-state index in [4.69, 9.17) is 0 Å². The van der Waals surface area contributed by atoms with Crippen LogP contribution in [0.1, 0.15) is 22.7 Å². The fourth-order valence-corrected chi connectivity index (χ4v) is 3.65. The Labute approximate surface area is 116 Å². The van der Waals surface area contributed by atoms with Gasteiger partial charge >= 0.3 is 0 Å². The summed E-state index contributed by atoms with van der Waals surface area (Å²) in [5, 5.41) is 7.87. The van der Waals surface area contributed by atoms with Crippen LogP contribution in [0, 0.1) is 6.92 Å². The summed E-state index contributed by atoms with van der Waals surface area (Å²) in [5.41, 5.74) is 0. The number of carbonyl (C=O) groups is 1. The van der Waals surface area contributed by atoms with E-state index in [9.17, 15) is 4.79 Å². The molecule has 0 aliphatic carbocycles. The molecule has 2 N–H and O–H groups in total. The minimum atomic E-state index is 0.117. The molecule has 1 aliphatic rings. The Balaban J connectivity index is 1.62.